The van der Waals surface area contributed by atoms with E-state index < -0.39 is 11.9 Å². The molecule has 150 valence electrons. The van der Waals surface area contributed by atoms with E-state index in [-0.39, 0.29) is 5.41 Å². The molecule has 0 unspecified atom stereocenters. The van der Waals surface area contributed by atoms with Gasteiger partial charge < -0.3 is 14.9 Å². The molecule has 0 aromatic rings. The quantitative estimate of drug-likeness (QED) is 0.711. The molecule has 0 saturated heterocycles. The van der Waals surface area contributed by atoms with Gasteiger partial charge in [-0.05, 0) is 92.3 Å². The van der Waals surface area contributed by atoms with Crippen molar-refractivity contribution in [1.82, 2.24) is 0 Å². The molecule has 8 atom stereocenters. The van der Waals surface area contributed by atoms with Gasteiger partial charge in [0.25, 0.3) is 0 Å². The molecule has 3 nitrogen and oxygen atoms in total. The predicted molar refractivity (Wildman–Crippen MR) is 103 cm³/mol. The summed E-state index contributed by atoms with van der Waals surface area (Å²) in [6.45, 7) is 9.97. The maximum atomic E-state index is 10.6. The number of rotatable bonds is 3. The van der Waals surface area contributed by atoms with Crippen molar-refractivity contribution in [2.24, 2.45) is 40.4 Å². The smallest absolute Gasteiger partial charge is 0.189 e. The van der Waals surface area contributed by atoms with Crippen molar-refractivity contribution in [3.8, 4) is 0 Å². The molecule has 0 aliphatic heterocycles. The van der Waals surface area contributed by atoms with Crippen LogP contribution >= 0.6 is 0 Å². The van der Waals surface area contributed by atoms with Crippen LogP contribution in [0, 0.1) is 40.4 Å². The Morgan fingerprint density at radius 2 is 1.62 bits per heavy atom. The van der Waals surface area contributed by atoms with Crippen molar-refractivity contribution in [1.29, 1.82) is 0 Å². The van der Waals surface area contributed by atoms with Crippen LogP contribution in [0.15, 0.2) is 0 Å². The van der Waals surface area contributed by atoms with Crippen LogP contribution in [0.4, 0.5) is 0 Å². The SMILES string of the molecule is CCO[C@H]1C[C@@]2(C)[C@@H](CC[C@@H]3[C@@H]2CC[C@]2(C)[C@@H](CC)CC[C@@H]32)CC1(O)O. The lowest BCUT2D eigenvalue weighted by atomic mass is 9.44. The van der Waals surface area contributed by atoms with Crippen LogP contribution in [0.3, 0.4) is 0 Å². The van der Waals surface area contributed by atoms with E-state index in [1.54, 1.807) is 0 Å². The number of ether oxygens (including phenoxy) is 1. The summed E-state index contributed by atoms with van der Waals surface area (Å²) in [4.78, 5) is 0. The van der Waals surface area contributed by atoms with Gasteiger partial charge in [0.05, 0.1) is 0 Å². The van der Waals surface area contributed by atoms with Gasteiger partial charge in [-0.15, -0.1) is 0 Å². The van der Waals surface area contributed by atoms with Crippen LogP contribution in [0.1, 0.15) is 85.5 Å². The zero-order valence-electron chi connectivity index (χ0n) is 17.3. The average Bonchev–Trinajstić information content (AvgIpc) is 2.92. The number of aliphatic hydroxyl groups is 2. The number of hydrogen-bond donors (Lipinski definition) is 2. The molecule has 0 spiro atoms. The molecule has 0 aromatic carbocycles. The van der Waals surface area contributed by atoms with Gasteiger partial charge >= 0.3 is 0 Å². The van der Waals surface area contributed by atoms with Crippen molar-refractivity contribution >= 4 is 0 Å². The first-order valence-corrected chi connectivity index (χ1v) is 11.3. The van der Waals surface area contributed by atoms with Gasteiger partial charge in [-0.25, -0.2) is 0 Å². The third-order valence-electron chi connectivity index (χ3n) is 9.81. The molecule has 0 radical (unpaired) electrons. The van der Waals surface area contributed by atoms with Crippen LogP contribution in [0.25, 0.3) is 0 Å². The molecule has 4 aliphatic carbocycles. The fourth-order valence-corrected chi connectivity index (χ4v) is 8.42. The van der Waals surface area contributed by atoms with Gasteiger partial charge in [-0.2, -0.15) is 0 Å². The topological polar surface area (TPSA) is 49.7 Å². The largest absolute Gasteiger partial charge is 0.373 e. The molecule has 0 aromatic heterocycles. The molecule has 2 N–H and O–H groups in total. The lowest BCUT2D eigenvalue weighted by Gasteiger charge is -2.62. The molecular formula is C23H40O3. The van der Waals surface area contributed by atoms with E-state index in [1.807, 2.05) is 6.92 Å². The lowest BCUT2D eigenvalue weighted by molar-refractivity contribution is -0.293. The summed E-state index contributed by atoms with van der Waals surface area (Å²) in [6, 6.07) is 0. The third kappa shape index (κ3) is 2.63. The first kappa shape index (κ1) is 19.2. The second-order valence-electron chi connectivity index (χ2n) is 10.6. The summed E-state index contributed by atoms with van der Waals surface area (Å²) in [5.74, 6) is 2.20. The summed E-state index contributed by atoms with van der Waals surface area (Å²) in [5, 5.41) is 21.2. The normalized spacial score (nSPS) is 52.8. The molecule has 4 rings (SSSR count). The van der Waals surface area contributed by atoms with Crippen LogP contribution in [0.5, 0.6) is 0 Å². The summed E-state index contributed by atoms with van der Waals surface area (Å²) in [6.07, 6.45) is 10.3. The molecule has 0 heterocycles. The first-order valence-electron chi connectivity index (χ1n) is 11.3. The fraction of sp³-hybridized carbons (Fsp3) is 1.00. The van der Waals surface area contributed by atoms with Gasteiger partial charge in [0.2, 0.25) is 0 Å². The van der Waals surface area contributed by atoms with E-state index in [2.05, 4.69) is 20.8 Å². The monoisotopic (exact) mass is 364 g/mol. The second kappa shape index (κ2) is 6.46. The first-order chi connectivity index (χ1) is 12.3. The maximum Gasteiger partial charge on any atom is 0.189 e. The van der Waals surface area contributed by atoms with Crippen molar-refractivity contribution in [3.63, 3.8) is 0 Å². The second-order valence-corrected chi connectivity index (χ2v) is 10.6. The van der Waals surface area contributed by atoms with E-state index in [9.17, 15) is 10.2 Å². The van der Waals surface area contributed by atoms with Crippen LogP contribution in [0.2, 0.25) is 0 Å². The highest BCUT2D eigenvalue weighted by atomic mass is 16.6. The Morgan fingerprint density at radius 3 is 2.31 bits per heavy atom. The Morgan fingerprint density at radius 1 is 0.885 bits per heavy atom. The zero-order valence-corrected chi connectivity index (χ0v) is 17.3. The number of hydrogen-bond acceptors (Lipinski definition) is 3. The molecule has 0 amide bonds. The van der Waals surface area contributed by atoms with Crippen molar-refractivity contribution in [2.75, 3.05) is 6.61 Å². The molecule has 26 heavy (non-hydrogen) atoms. The lowest BCUT2D eigenvalue weighted by Crippen LogP contribution is -2.61. The average molecular weight is 365 g/mol. The van der Waals surface area contributed by atoms with E-state index in [4.69, 9.17) is 4.74 Å². The minimum Gasteiger partial charge on any atom is -0.373 e. The molecule has 4 fully saturated rings. The van der Waals surface area contributed by atoms with Crippen molar-refractivity contribution in [2.45, 2.75) is 97.4 Å². The van der Waals surface area contributed by atoms with E-state index >= 15 is 0 Å². The summed E-state index contributed by atoms with van der Waals surface area (Å²) in [7, 11) is 0. The van der Waals surface area contributed by atoms with Gasteiger partial charge in [-0.1, -0.05) is 27.2 Å². The van der Waals surface area contributed by atoms with Crippen LogP contribution < -0.4 is 0 Å². The fourth-order valence-electron chi connectivity index (χ4n) is 8.42. The zero-order chi connectivity index (χ0) is 18.7. The summed E-state index contributed by atoms with van der Waals surface area (Å²) in [5.41, 5.74) is 0.772. The van der Waals surface area contributed by atoms with E-state index in [1.165, 1.54) is 44.9 Å². The Bertz CT molecular complexity index is 532. The minimum atomic E-state index is -1.64. The highest BCUT2D eigenvalue weighted by Gasteiger charge is 2.62. The van der Waals surface area contributed by atoms with Gasteiger partial charge in [-0.3, -0.25) is 0 Å². The molecule has 3 heteroatoms. The Kier molecular flexibility index (Phi) is 4.77. The van der Waals surface area contributed by atoms with E-state index in [0.29, 0.717) is 24.4 Å². The Hall–Kier alpha value is -0.120. The van der Waals surface area contributed by atoms with Gasteiger partial charge in [0.1, 0.15) is 6.10 Å². The van der Waals surface area contributed by atoms with Crippen LogP contribution in [-0.2, 0) is 4.74 Å². The molecule has 0 bridgehead atoms. The standard InChI is InChI=1S/C23H40O3/c1-5-15-8-10-18-17-9-7-16-13-23(24,25)20(26-6-2)14-22(16,4)19(17)11-12-21(15,18)3/h15-20,24-25H,5-14H2,1-4H3/t15-,16-,17-,18-,19-,20-,21+,22-/m0/s1. The van der Waals surface area contributed by atoms with Crippen LogP contribution in [-0.4, -0.2) is 28.7 Å². The molecule has 4 saturated carbocycles. The highest BCUT2D eigenvalue weighted by Crippen LogP contribution is 2.68. The highest BCUT2D eigenvalue weighted by molar-refractivity contribution is 5.10. The molecular weight excluding hydrogens is 324 g/mol. The van der Waals surface area contributed by atoms with Crippen molar-refractivity contribution < 1.29 is 14.9 Å². The summed E-state index contributed by atoms with van der Waals surface area (Å²) >= 11 is 0. The number of fused-ring (bicyclic) bond motifs is 5. The van der Waals surface area contributed by atoms with Gasteiger partial charge in [0.15, 0.2) is 5.79 Å². The Balaban J connectivity index is 1.61. The Labute approximate surface area is 159 Å². The summed E-state index contributed by atoms with van der Waals surface area (Å²) < 4.78 is 5.83. The minimum absolute atomic E-state index is 0.212. The predicted octanol–water partition coefficient (Wildman–Crippen LogP) is 4.75. The van der Waals surface area contributed by atoms with Crippen molar-refractivity contribution in [3.05, 3.63) is 0 Å². The maximum absolute atomic E-state index is 10.6. The van der Waals surface area contributed by atoms with Gasteiger partial charge in [0, 0.05) is 13.0 Å². The third-order valence-corrected chi connectivity index (χ3v) is 9.81. The molecule has 4 aliphatic rings. The van der Waals surface area contributed by atoms with E-state index in [0.717, 1.165) is 30.1 Å².